The maximum absolute atomic E-state index is 10.5. The number of hydrogen-bond donors (Lipinski definition) is 1. The third-order valence-electron chi connectivity index (χ3n) is 2.65. The minimum atomic E-state index is -0.682. The SMILES string of the molecule is O=[N+]([O-])c1ccc(C(O)C[n+]2ccccc2)cc1.[I-]. The highest BCUT2D eigenvalue weighted by Gasteiger charge is 2.14. The van der Waals surface area contributed by atoms with E-state index < -0.39 is 11.0 Å². The molecule has 100 valence electrons. The molecule has 0 radical (unpaired) electrons. The second-order valence-corrected chi connectivity index (χ2v) is 3.94. The van der Waals surface area contributed by atoms with E-state index in [2.05, 4.69) is 0 Å². The van der Waals surface area contributed by atoms with E-state index in [1.54, 1.807) is 12.1 Å². The summed E-state index contributed by atoms with van der Waals surface area (Å²) in [5, 5.41) is 20.5. The summed E-state index contributed by atoms with van der Waals surface area (Å²) in [7, 11) is 0. The summed E-state index contributed by atoms with van der Waals surface area (Å²) in [4.78, 5) is 10.1. The Morgan fingerprint density at radius 1 is 1.16 bits per heavy atom. The number of pyridine rings is 1. The van der Waals surface area contributed by atoms with Gasteiger partial charge in [-0.05, 0) is 17.7 Å². The second kappa shape index (κ2) is 7.15. The van der Waals surface area contributed by atoms with Crippen molar-refractivity contribution in [3.63, 3.8) is 0 Å². The number of nitrogens with zero attached hydrogens (tertiary/aromatic N) is 2. The van der Waals surface area contributed by atoms with Crippen LogP contribution in [-0.4, -0.2) is 10.0 Å². The van der Waals surface area contributed by atoms with E-state index in [1.165, 1.54) is 12.1 Å². The Morgan fingerprint density at radius 3 is 2.26 bits per heavy atom. The van der Waals surface area contributed by atoms with Crippen LogP contribution in [0.5, 0.6) is 0 Å². The molecule has 0 saturated heterocycles. The van der Waals surface area contributed by atoms with Crippen LogP contribution in [-0.2, 0) is 6.54 Å². The zero-order chi connectivity index (χ0) is 13.0. The van der Waals surface area contributed by atoms with Crippen molar-refractivity contribution in [2.75, 3.05) is 0 Å². The molecule has 19 heavy (non-hydrogen) atoms. The average molecular weight is 372 g/mol. The maximum atomic E-state index is 10.5. The average Bonchev–Trinajstić information content (AvgIpc) is 2.40. The summed E-state index contributed by atoms with van der Waals surface area (Å²) in [5.74, 6) is 0. The molecule has 1 atom stereocenters. The van der Waals surface area contributed by atoms with E-state index in [1.807, 2.05) is 35.2 Å². The van der Waals surface area contributed by atoms with Crippen LogP contribution in [0, 0.1) is 10.1 Å². The largest absolute Gasteiger partial charge is 1.00 e. The van der Waals surface area contributed by atoms with Crippen LogP contribution >= 0.6 is 0 Å². The predicted octanol–water partition coefficient (Wildman–Crippen LogP) is -1.38. The number of benzene rings is 1. The van der Waals surface area contributed by atoms with Gasteiger partial charge in [-0.3, -0.25) is 10.1 Å². The van der Waals surface area contributed by atoms with Gasteiger partial charge in [0.15, 0.2) is 18.9 Å². The summed E-state index contributed by atoms with van der Waals surface area (Å²) in [5.41, 5.74) is 0.690. The number of aliphatic hydroxyl groups is 1. The summed E-state index contributed by atoms with van der Waals surface area (Å²) in [6.45, 7) is 0.415. The summed E-state index contributed by atoms with van der Waals surface area (Å²) >= 11 is 0. The molecule has 0 saturated carbocycles. The molecule has 1 N–H and O–H groups in total. The van der Waals surface area contributed by atoms with Crippen molar-refractivity contribution in [1.82, 2.24) is 0 Å². The van der Waals surface area contributed by atoms with Crippen molar-refractivity contribution in [1.29, 1.82) is 0 Å². The molecule has 6 heteroatoms. The van der Waals surface area contributed by atoms with E-state index in [4.69, 9.17) is 0 Å². The van der Waals surface area contributed by atoms with E-state index in [9.17, 15) is 15.2 Å². The van der Waals surface area contributed by atoms with Crippen molar-refractivity contribution < 1.29 is 38.6 Å². The Bertz CT molecular complexity index is 531. The van der Waals surface area contributed by atoms with Gasteiger partial charge in [0.2, 0.25) is 0 Å². The predicted molar refractivity (Wildman–Crippen MR) is 64.7 cm³/mol. The zero-order valence-corrected chi connectivity index (χ0v) is 12.2. The first-order valence-electron chi connectivity index (χ1n) is 5.53. The number of aliphatic hydroxyl groups excluding tert-OH is 1. The van der Waals surface area contributed by atoms with Crippen molar-refractivity contribution in [2.24, 2.45) is 0 Å². The highest BCUT2D eigenvalue weighted by molar-refractivity contribution is 5.33. The van der Waals surface area contributed by atoms with Gasteiger partial charge >= 0.3 is 0 Å². The number of non-ortho nitro benzene ring substituents is 1. The Labute approximate surface area is 127 Å². The lowest BCUT2D eigenvalue weighted by atomic mass is 10.1. The van der Waals surface area contributed by atoms with Crippen molar-refractivity contribution in [3.05, 3.63) is 70.5 Å². The molecule has 2 rings (SSSR count). The smallest absolute Gasteiger partial charge is 0.269 e. The first kappa shape index (κ1) is 15.5. The molecule has 1 aromatic carbocycles. The van der Waals surface area contributed by atoms with Crippen LogP contribution in [0.4, 0.5) is 5.69 Å². The molecule has 0 aliphatic rings. The lowest BCUT2D eigenvalue weighted by Gasteiger charge is -2.07. The minimum Gasteiger partial charge on any atom is -1.00 e. The Hall–Kier alpha value is -1.54. The number of halogens is 1. The van der Waals surface area contributed by atoms with E-state index >= 15 is 0 Å². The normalized spacial score (nSPS) is 11.4. The first-order chi connectivity index (χ1) is 8.66. The van der Waals surface area contributed by atoms with Gasteiger partial charge in [0.05, 0.1) is 4.92 Å². The van der Waals surface area contributed by atoms with Gasteiger partial charge in [-0.15, -0.1) is 0 Å². The first-order valence-corrected chi connectivity index (χ1v) is 5.53. The number of hydrogen-bond acceptors (Lipinski definition) is 3. The van der Waals surface area contributed by atoms with Gasteiger partial charge in [0.25, 0.3) is 5.69 Å². The lowest BCUT2D eigenvalue weighted by molar-refractivity contribution is -0.704. The number of rotatable bonds is 4. The quantitative estimate of drug-likeness (QED) is 0.312. The maximum Gasteiger partial charge on any atom is 0.269 e. The minimum absolute atomic E-state index is 0. The van der Waals surface area contributed by atoms with Gasteiger partial charge in [-0.1, -0.05) is 6.07 Å². The molecule has 2 aromatic rings. The van der Waals surface area contributed by atoms with Crippen LogP contribution in [0.25, 0.3) is 0 Å². The van der Waals surface area contributed by atoms with Crippen molar-refractivity contribution in [3.8, 4) is 0 Å². The van der Waals surface area contributed by atoms with Gasteiger partial charge in [0.1, 0.15) is 6.10 Å². The van der Waals surface area contributed by atoms with Gasteiger partial charge in [-0.2, -0.15) is 0 Å². The highest BCUT2D eigenvalue weighted by atomic mass is 127. The van der Waals surface area contributed by atoms with Crippen molar-refractivity contribution in [2.45, 2.75) is 12.6 Å². The van der Waals surface area contributed by atoms with E-state index in [-0.39, 0.29) is 29.7 Å². The fourth-order valence-corrected chi connectivity index (χ4v) is 1.68. The molecule has 0 aliphatic carbocycles. The standard InChI is InChI=1S/C13H13N2O3.HI/c16-13(10-14-8-2-1-3-9-14)11-4-6-12(7-5-11)15(17)18;/h1-9,13,16H,10H2;1H/q+1;/p-1. The summed E-state index contributed by atoms with van der Waals surface area (Å²) in [6.07, 6.45) is 3.03. The monoisotopic (exact) mass is 372 g/mol. The molecular formula is C13H13IN2O3. The molecule has 1 aromatic heterocycles. The molecule has 1 heterocycles. The van der Waals surface area contributed by atoms with Gasteiger partial charge in [-0.25, -0.2) is 4.57 Å². The number of nitro groups is 1. The Morgan fingerprint density at radius 2 is 1.74 bits per heavy atom. The Kier molecular flexibility index (Phi) is 5.84. The number of nitro benzene ring substituents is 1. The molecule has 1 unspecified atom stereocenters. The van der Waals surface area contributed by atoms with E-state index in [0.717, 1.165) is 0 Å². The molecule has 0 spiro atoms. The van der Waals surface area contributed by atoms with Gasteiger partial charge < -0.3 is 29.1 Å². The molecule has 0 aliphatic heterocycles. The third kappa shape index (κ3) is 4.25. The van der Waals surface area contributed by atoms with Crippen LogP contribution in [0.15, 0.2) is 54.9 Å². The number of aromatic nitrogens is 1. The van der Waals surface area contributed by atoms with Crippen LogP contribution < -0.4 is 28.5 Å². The molecule has 0 fully saturated rings. The molecule has 5 nitrogen and oxygen atoms in total. The van der Waals surface area contributed by atoms with Crippen LogP contribution in [0.2, 0.25) is 0 Å². The van der Waals surface area contributed by atoms with Crippen LogP contribution in [0.1, 0.15) is 11.7 Å². The van der Waals surface area contributed by atoms with Gasteiger partial charge in [0, 0.05) is 24.3 Å². The molecule has 0 bridgehead atoms. The summed E-state index contributed by atoms with van der Waals surface area (Å²) in [6, 6.07) is 11.6. The molecular weight excluding hydrogens is 359 g/mol. The molecule has 0 amide bonds. The fourth-order valence-electron chi connectivity index (χ4n) is 1.68. The Balaban J connectivity index is 0.00000180. The topological polar surface area (TPSA) is 67.2 Å². The second-order valence-electron chi connectivity index (χ2n) is 3.94. The summed E-state index contributed by atoms with van der Waals surface area (Å²) < 4.78 is 1.85. The highest BCUT2D eigenvalue weighted by Crippen LogP contribution is 2.17. The van der Waals surface area contributed by atoms with Crippen LogP contribution in [0.3, 0.4) is 0 Å². The third-order valence-corrected chi connectivity index (χ3v) is 2.65. The fraction of sp³-hybridized carbons (Fsp3) is 0.154. The lowest BCUT2D eigenvalue weighted by Crippen LogP contribution is -3.00. The van der Waals surface area contributed by atoms with Crippen molar-refractivity contribution >= 4 is 5.69 Å². The zero-order valence-electron chi connectivity index (χ0n) is 10.0. The van der Waals surface area contributed by atoms with E-state index in [0.29, 0.717) is 12.1 Å².